The van der Waals surface area contributed by atoms with Crippen molar-refractivity contribution < 1.29 is 19.1 Å². The van der Waals surface area contributed by atoms with Gasteiger partial charge in [-0.2, -0.15) is 0 Å². The molecule has 0 bridgehead atoms. The van der Waals surface area contributed by atoms with Crippen molar-refractivity contribution in [3.63, 3.8) is 0 Å². The SMILES string of the molecule is CC(C)C1SCC(C(=O)O)N1C(=O)c1ccco1. The molecule has 1 amide bonds. The summed E-state index contributed by atoms with van der Waals surface area (Å²) in [4.78, 5) is 24.9. The number of rotatable bonds is 3. The molecule has 6 heteroatoms. The van der Waals surface area contributed by atoms with Gasteiger partial charge in [0.1, 0.15) is 6.04 Å². The van der Waals surface area contributed by atoms with Crippen molar-refractivity contribution in [1.29, 1.82) is 0 Å². The van der Waals surface area contributed by atoms with Gasteiger partial charge in [-0.1, -0.05) is 13.8 Å². The molecule has 1 aliphatic heterocycles. The lowest BCUT2D eigenvalue weighted by molar-refractivity contribution is -0.141. The topological polar surface area (TPSA) is 70.8 Å². The van der Waals surface area contributed by atoms with Gasteiger partial charge in [-0.15, -0.1) is 11.8 Å². The van der Waals surface area contributed by atoms with E-state index in [4.69, 9.17) is 4.42 Å². The second-order valence-corrected chi connectivity index (χ2v) is 5.66. The van der Waals surface area contributed by atoms with E-state index in [0.29, 0.717) is 5.75 Å². The zero-order valence-electron chi connectivity index (χ0n) is 10.2. The number of nitrogens with zero attached hydrogens (tertiary/aromatic N) is 1. The predicted molar refractivity (Wildman–Crippen MR) is 67.4 cm³/mol. The van der Waals surface area contributed by atoms with Gasteiger partial charge in [0.2, 0.25) is 0 Å². The molecule has 0 aromatic carbocycles. The van der Waals surface area contributed by atoms with Crippen LogP contribution in [0, 0.1) is 5.92 Å². The Kier molecular flexibility index (Phi) is 3.65. The molecule has 2 heterocycles. The molecule has 5 nitrogen and oxygen atoms in total. The van der Waals surface area contributed by atoms with Crippen LogP contribution in [0.25, 0.3) is 0 Å². The molecule has 0 spiro atoms. The van der Waals surface area contributed by atoms with Crippen molar-refractivity contribution in [3.05, 3.63) is 24.2 Å². The quantitative estimate of drug-likeness (QED) is 0.907. The molecular formula is C12H15NO4S. The van der Waals surface area contributed by atoms with Gasteiger partial charge in [0, 0.05) is 5.75 Å². The number of carboxylic acid groups (broad SMARTS) is 1. The average Bonchev–Trinajstić information content (AvgIpc) is 2.97. The van der Waals surface area contributed by atoms with E-state index in [1.807, 2.05) is 13.8 Å². The number of aliphatic carboxylic acids is 1. The first kappa shape index (κ1) is 13.0. The van der Waals surface area contributed by atoms with Gasteiger partial charge in [0.15, 0.2) is 5.76 Å². The van der Waals surface area contributed by atoms with Crippen LogP contribution in [0.1, 0.15) is 24.4 Å². The summed E-state index contributed by atoms with van der Waals surface area (Å²) in [5.41, 5.74) is 0. The van der Waals surface area contributed by atoms with Gasteiger partial charge in [-0.3, -0.25) is 4.79 Å². The second-order valence-electron chi connectivity index (χ2n) is 4.51. The van der Waals surface area contributed by atoms with Crippen molar-refractivity contribution in [3.8, 4) is 0 Å². The van der Waals surface area contributed by atoms with Crippen LogP contribution in [0.5, 0.6) is 0 Å². The first-order valence-corrected chi connectivity index (χ1v) is 6.78. The van der Waals surface area contributed by atoms with Crippen LogP contribution >= 0.6 is 11.8 Å². The number of carboxylic acids is 1. The van der Waals surface area contributed by atoms with Crippen LogP contribution in [-0.4, -0.2) is 39.1 Å². The van der Waals surface area contributed by atoms with Crippen LogP contribution in [0.3, 0.4) is 0 Å². The summed E-state index contributed by atoms with van der Waals surface area (Å²) < 4.78 is 5.07. The Morgan fingerprint density at radius 2 is 2.28 bits per heavy atom. The minimum Gasteiger partial charge on any atom is -0.480 e. The fraction of sp³-hybridized carbons (Fsp3) is 0.500. The zero-order valence-corrected chi connectivity index (χ0v) is 11.0. The average molecular weight is 269 g/mol. The predicted octanol–water partition coefficient (Wildman–Crippen LogP) is 1.90. The number of furan rings is 1. The summed E-state index contributed by atoms with van der Waals surface area (Å²) in [5.74, 6) is -0.515. The molecule has 2 unspecified atom stereocenters. The zero-order chi connectivity index (χ0) is 13.3. The van der Waals surface area contributed by atoms with Crippen LogP contribution < -0.4 is 0 Å². The maximum absolute atomic E-state index is 12.3. The van der Waals surface area contributed by atoms with E-state index in [0.717, 1.165) is 0 Å². The number of carbonyl (C=O) groups is 2. The molecular weight excluding hydrogens is 254 g/mol. The van der Waals surface area contributed by atoms with E-state index in [-0.39, 0.29) is 23.0 Å². The van der Waals surface area contributed by atoms with E-state index >= 15 is 0 Å². The Hall–Kier alpha value is -1.43. The first-order chi connectivity index (χ1) is 8.52. The maximum atomic E-state index is 12.3. The lowest BCUT2D eigenvalue weighted by Crippen LogP contribution is -2.47. The summed E-state index contributed by atoms with van der Waals surface area (Å²) >= 11 is 1.50. The van der Waals surface area contributed by atoms with Crippen LogP contribution in [-0.2, 0) is 4.79 Å². The third-order valence-electron chi connectivity index (χ3n) is 2.86. The number of thioether (sulfide) groups is 1. The summed E-state index contributed by atoms with van der Waals surface area (Å²) in [7, 11) is 0. The Balaban J connectivity index is 2.29. The monoisotopic (exact) mass is 269 g/mol. The summed E-state index contributed by atoms with van der Waals surface area (Å²) in [6.07, 6.45) is 1.41. The van der Waals surface area contributed by atoms with Gasteiger partial charge in [-0.25, -0.2) is 4.79 Å². The van der Waals surface area contributed by atoms with Crippen molar-refractivity contribution in [2.75, 3.05) is 5.75 Å². The van der Waals surface area contributed by atoms with Crippen LogP contribution in [0.2, 0.25) is 0 Å². The smallest absolute Gasteiger partial charge is 0.327 e. The van der Waals surface area contributed by atoms with E-state index in [2.05, 4.69) is 0 Å². The highest BCUT2D eigenvalue weighted by Crippen LogP contribution is 2.35. The molecule has 18 heavy (non-hydrogen) atoms. The number of amides is 1. The first-order valence-electron chi connectivity index (χ1n) is 5.73. The highest BCUT2D eigenvalue weighted by atomic mass is 32.2. The molecule has 1 saturated heterocycles. The lowest BCUT2D eigenvalue weighted by atomic mass is 10.1. The van der Waals surface area contributed by atoms with Crippen molar-refractivity contribution in [1.82, 2.24) is 4.90 Å². The van der Waals surface area contributed by atoms with Gasteiger partial charge < -0.3 is 14.4 Å². The summed E-state index contributed by atoms with van der Waals surface area (Å²) in [6.45, 7) is 3.95. The molecule has 1 aliphatic rings. The molecule has 1 N–H and O–H groups in total. The Bertz CT molecular complexity index is 443. The van der Waals surface area contributed by atoms with Crippen molar-refractivity contribution in [2.45, 2.75) is 25.3 Å². The van der Waals surface area contributed by atoms with E-state index in [9.17, 15) is 14.7 Å². The van der Waals surface area contributed by atoms with Crippen LogP contribution in [0.15, 0.2) is 22.8 Å². The Morgan fingerprint density at radius 1 is 1.56 bits per heavy atom. The molecule has 2 rings (SSSR count). The van der Waals surface area contributed by atoms with Crippen molar-refractivity contribution >= 4 is 23.6 Å². The van der Waals surface area contributed by atoms with Gasteiger partial charge in [-0.05, 0) is 18.1 Å². The Labute approximate surface area is 109 Å². The normalized spacial score (nSPS) is 23.6. The third-order valence-corrected chi connectivity index (χ3v) is 4.48. The summed E-state index contributed by atoms with van der Waals surface area (Å²) in [6, 6.07) is 2.40. The van der Waals surface area contributed by atoms with Gasteiger partial charge in [0.25, 0.3) is 5.91 Å². The molecule has 1 aromatic rings. The molecule has 1 fully saturated rings. The minimum atomic E-state index is -0.967. The van der Waals surface area contributed by atoms with E-state index < -0.39 is 12.0 Å². The number of hydrogen-bond acceptors (Lipinski definition) is 4. The largest absolute Gasteiger partial charge is 0.480 e. The fourth-order valence-corrected chi connectivity index (χ4v) is 3.49. The highest BCUT2D eigenvalue weighted by Gasteiger charge is 2.43. The van der Waals surface area contributed by atoms with Crippen LogP contribution in [0.4, 0.5) is 0 Å². The molecule has 1 aromatic heterocycles. The molecule has 98 valence electrons. The van der Waals surface area contributed by atoms with E-state index in [1.165, 1.54) is 22.9 Å². The second kappa shape index (κ2) is 5.06. The third kappa shape index (κ3) is 2.25. The number of carbonyl (C=O) groups excluding carboxylic acids is 1. The summed E-state index contributed by atoms with van der Waals surface area (Å²) in [5, 5.41) is 9.07. The highest BCUT2D eigenvalue weighted by molar-refractivity contribution is 8.00. The molecule has 0 saturated carbocycles. The van der Waals surface area contributed by atoms with Crippen molar-refractivity contribution in [2.24, 2.45) is 5.92 Å². The minimum absolute atomic E-state index is 0.122. The molecule has 0 aliphatic carbocycles. The van der Waals surface area contributed by atoms with E-state index in [1.54, 1.807) is 12.1 Å². The fourth-order valence-electron chi connectivity index (χ4n) is 2.02. The standard InChI is InChI=1S/C12H15NO4S/c1-7(2)11-13(8(6-18-11)12(15)16)10(14)9-4-3-5-17-9/h3-5,7-8,11H,6H2,1-2H3,(H,15,16). The molecule has 2 atom stereocenters. The van der Waals surface area contributed by atoms with Gasteiger partial charge in [0.05, 0.1) is 11.6 Å². The molecule has 0 radical (unpaired) electrons. The Morgan fingerprint density at radius 3 is 2.78 bits per heavy atom. The van der Waals surface area contributed by atoms with Gasteiger partial charge >= 0.3 is 5.97 Å². The maximum Gasteiger partial charge on any atom is 0.327 e. The number of hydrogen-bond donors (Lipinski definition) is 1. The lowest BCUT2D eigenvalue weighted by Gasteiger charge is -2.28.